The smallest absolute Gasteiger partial charge is 0.417 e. The first-order chi connectivity index (χ1) is 11.8. The van der Waals surface area contributed by atoms with Crippen molar-refractivity contribution in [1.29, 1.82) is 0 Å². The average Bonchev–Trinajstić information content (AvgIpc) is 2.59. The fraction of sp³-hybridized carbons (Fsp3) is 0.294. The Morgan fingerprint density at radius 2 is 2.04 bits per heavy atom. The topological polar surface area (TPSA) is 42.4 Å². The molecule has 0 saturated heterocycles. The third-order valence-corrected chi connectivity index (χ3v) is 4.55. The molecule has 8 heteroatoms. The van der Waals surface area contributed by atoms with Gasteiger partial charge in [0.05, 0.1) is 22.6 Å². The lowest BCUT2D eigenvalue weighted by atomic mass is 10.0. The predicted molar refractivity (Wildman–Crippen MR) is 87.9 cm³/mol. The van der Waals surface area contributed by atoms with Gasteiger partial charge in [0.15, 0.2) is 0 Å². The van der Waals surface area contributed by atoms with Crippen LogP contribution in [0.25, 0.3) is 0 Å². The Balaban J connectivity index is 1.72. The van der Waals surface area contributed by atoms with Gasteiger partial charge >= 0.3 is 12.3 Å². The highest BCUT2D eigenvalue weighted by molar-refractivity contribution is 9.09. The van der Waals surface area contributed by atoms with Gasteiger partial charge in [-0.2, -0.15) is 13.2 Å². The molecule has 1 aromatic carbocycles. The van der Waals surface area contributed by atoms with Crippen molar-refractivity contribution in [1.82, 2.24) is 9.88 Å². The Hall–Kier alpha value is -2.09. The molecule has 1 amide bonds. The number of hydrogen-bond acceptors (Lipinski definition) is 3. The number of halogens is 4. The van der Waals surface area contributed by atoms with E-state index in [1.165, 1.54) is 4.90 Å². The van der Waals surface area contributed by atoms with E-state index in [-0.39, 0.29) is 24.5 Å². The third kappa shape index (κ3) is 4.12. The van der Waals surface area contributed by atoms with Crippen molar-refractivity contribution in [3.8, 4) is 0 Å². The summed E-state index contributed by atoms with van der Waals surface area (Å²) in [5, 5.41) is 0. The van der Waals surface area contributed by atoms with Crippen LogP contribution in [0.15, 0.2) is 42.6 Å². The van der Waals surface area contributed by atoms with Crippen molar-refractivity contribution in [2.45, 2.75) is 24.2 Å². The summed E-state index contributed by atoms with van der Waals surface area (Å²) >= 11 is 3.37. The molecule has 1 unspecified atom stereocenters. The Bertz CT molecular complexity index is 768. The summed E-state index contributed by atoms with van der Waals surface area (Å²) in [5.41, 5.74) is 0.884. The van der Waals surface area contributed by atoms with E-state index in [1.807, 2.05) is 30.3 Å². The molecule has 25 heavy (non-hydrogen) atoms. The number of ether oxygens (including phenoxy) is 1. The van der Waals surface area contributed by atoms with E-state index in [1.54, 1.807) is 0 Å². The molecule has 0 spiro atoms. The summed E-state index contributed by atoms with van der Waals surface area (Å²) in [6.45, 7) is 0.414. The van der Waals surface area contributed by atoms with Gasteiger partial charge in [0.25, 0.3) is 0 Å². The van der Waals surface area contributed by atoms with Crippen molar-refractivity contribution in [3.63, 3.8) is 0 Å². The van der Waals surface area contributed by atoms with Crippen LogP contribution in [0.4, 0.5) is 18.0 Å². The van der Waals surface area contributed by atoms with Crippen LogP contribution in [0.3, 0.4) is 0 Å². The van der Waals surface area contributed by atoms with Crippen molar-refractivity contribution in [2.75, 3.05) is 6.54 Å². The van der Waals surface area contributed by atoms with E-state index in [4.69, 9.17) is 4.74 Å². The second-order valence-corrected chi connectivity index (χ2v) is 6.76. The van der Waals surface area contributed by atoms with Gasteiger partial charge in [-0.25, -0.2) is 4.79 Å². The molecule has 1 aliphatic rings. The summed E-state index contributed by atoms with van der Waals surface area (Å²) < 4.78 is 43.8. The number of nitrogens with zero attached hydrogens (tertiary/aromatic N) is 2. The second-order valence-electron chi connectivity index (χ2n) is 5.65. The largest absolute Gasteiger partial charge is 0.445 e. The molecular weight excluding hydrogens is 401 g/mol. The molecular formula is C17H14BrF3N2O2. The maximum absolute atomic E-state index is 12.9. The number of rotatable bonds is 2. The predicted octanol–water partition coefficient (Wildman–Crippen LogP) is 4.69. The van der Waals surface area contributed by atoms with E-state index in [0.29, 0.717) is 11.3 Å². The van der Waals surface area contributed by atoms with E-state index in [9.17, 15) is 18.0 Å². The number of aromatic nitrogens is 1. The van der Waals surface area contributed by atoms with Gasteiger partial charge < -0.3 is 9.64 Å². The van der Waals surface area contributed by atoms with Crippen molar-refractivity contribution < 1.29 is 22.7 Å². The highest BCUT2D eigenvalue weighted by atomic mass is 79.9. The number of amides is 1. The summed E-state index contributed by atoms with van der Waals surface area (Å²) in [6.07, 6.45) is -4.23. The fourth-order valence-electron chi connectivity index (χ4n) is 2.58. The molecule has 3 rings (SSSR count). The van der Waals surface area contributed by atoms with Crippen LogP contribution >= 0.6 is 15.9 Å². The zero-order valence-corrected chi connectivity index (χ0v) is 14.5. The number of hydrogen-bond donors (Lipinski definition) is 0. The van der Waals surface area contributed by atoms with Crippen LogP contribution in [0.1, 0.15) is 27.2 Å². The maximum atomic E-state index is 12.9. The molecule has 132 valence electrons. The number of fused-ring (bicyclic) bond motifs is 1. The van der Waals surface area contributed by atoms with Crippen molar-refractivity contribution in [2.24, 2.45) is 0 Å². The monoisotopic (exact) mass is 414 g/mol. The summed E-state index contributed by atoms with van der Waals surface area (Å²) in [7, 11) is 0. The molecule has 2 aromatic rings. The highest BCUT2D eigenvalue weighted by Crippen LogP contribution is 2.35. The Labute approximate surface area is 150 Å². The minimum atomic E-state index is -4.47. The van der Waals surface area contributed by atoms with E-state index >= 15 is 0 Å². The highest BCUT2D eigenvalue weighted by Gasteiger charge is 2.35. The van der Waals surface area contributed by atoms with E-state index in [0.717, 1.165) is 17.8 Å². The number of pyridine rings is 1. The molecule has 2 heterocycles. The van der Waals surface area contributed by atoms with Crippen LogP contribution < -0.4 is 0 Å². The van der Waals surface area contributed by atoms with Crippen molar-refractivity contribution in [3.05, 3.63) is 65.0 Å². The van der Waals surface area contributed by atoms with Gasteiger partial charge in [-0.1, -0.05) is 46.3 Å². The third-order valence-electron chi connectivity index (χ3n) is 3.83. The fourth-order valence-corrected chi connectivity index (χ4v) is 3.35. The van der Waals surface area contributed by atoms with Gasteiger partial charge in [0, 0.05) is 12.7 Å². The van der Waals surface area contributed by atoms with Gasteiger partial charge in [-0.15, -0.1) is 0 Å². The van der Waals surface area contributed by atoms with Gasteiger partial charge in [-0.3, -0.25) is 4.98 Å². The minimum Gasteiger partial charge on any atom is -0.445 e. The lowest BCUT2D eigenvalue weighted by Gasteiger charge is -2.31. The zero-order valence-electron chi connectivity index (χ0n) is 13.0. The van der Waals surface area contributed by atoms with Gasteiger partial charge in [0.2, 0.25) is 0 Å². The summed E-state index contributed by atoms with van der Waals surface area (Å²) in [5.74, 6) is 0. The van der Waals surface area contributed by atoms with E-state index < -0.39 is 17.8 Å². The molecule has 0 N–H and O–H groups in total. The Morgan fingerprint density at radius 1 is 1.32 bits per heavy atom. The molecule has 1 atom stereocenters. The van der Waals surface area contributed by atoms with Crippen molar-refractivity contribution >= 4 is 22.0 Å². The summed E-state index contributed by atoms with van der Waals surface area (Å²) in [4.78, 5) is 17.2. The van der Waals surface area contributed by atoms with Crippen LogP contribution in [0, 0.1) is 0 Å². The molecule has 0 bridgehead atoms. The molecule has 0 saturated carbocycles. The lowest BCUT2D eigenvalue weighted by molar-refractivity contribution is -0.137. The molecule has 1 aromatic heterocycles. The van der Waals surface area contributed by atoms with Crippen LogP contribution in [-0.2, 0) is 24.1 Å². The molecule has 0 aliphatic carbocycles. The number of benzene rings is 1. The molecule has 0 fully saturated rings. The quantitative estimate of drug-likeness (QED) is 0.669. The van der Waals surface area contributed by atoms with Crippen LogP contribution in [0.5, 0.6) is 0 Å². The van der Waals surface area contributed by atoms with E-state index in [2.05, 4.69) is 20.9 Å². The van der Waals surface area contributed by atoms with Gasteiger partial charge in [-0.05, 0) is 17.2 Å². The SMILES string of the molecule is O=C(OCc1ccccc1)N1Cc2cc(C(F)(F)F)cnc2C(Br)C1. The first-order valence-corrected chi connectivity index (χ1v) is 8.42. The summed E-state index contributed by atoms with van der Waals surface area (Å²) in [6, 6.07) is 10.2. The Kier molecular flexibility index (Phi) is 4.99. The first kappa shape index (κ1) is 17.7. The standard InChI is InChI=1S/C17H14BrF3N2O2/c18-14-9-23(16(24)25-10-11-4-2-1-3-5-11)8-12-6-13(17(19,20)21)7-22-15(12)14/h1-7,14H,8-10H2. The lowest BCUT2D eigenvalue weighted by Crippen LogP contribution is -2.37. The minimum absolute atomic E-state index is 0.0297. The second kappa shape index (κ2) is 7.03. The van der Waals surface area contributed by atoms with Crippen LogP contribution in [-0.4, -0.2) is 22.5 Å². The molecule has 0 radical (unpaired) electrons. The molecule has 4 nitrogen and oxygen atoms in total. The number of carbonyl (C=O) groups is 1. The first-order valence-electron chi connectivity index (χ1n) is 7.50. The molecule has 1 aliphatic heterocycles. The maximum Gasteiger partial charge on any atom is 0.417 e. The zero-order chi connectivity index (χ0) is 18.0. The average molecular weight is 415 g/mol. The van der Waals surface area contributed by atoms with Gasteiger partial charge in [0.1, 0.15) is 6.61 Å². The number of carbonyl (C=O) groups excluding carboxylic acids is 1. The normalized spacial score (nSPS) is 17.1. The Morgan fingerprint density at radius 3 is 2.72 bits per heavy atom. The van der Waals surface area contributed by atoms with Crippen LogP contribution in [0.2, 0.25) is 0 Å². The number of alkyl halides is 4.